The molecular formula is C13H17NO2S. The molecule has 17 heavy (non-hydrogen) atoms. The van der Waals surface area contributed by atoms with E-state index >= 15 is 0 Å². The molecule has 0 radical (unpaired) electrons. The summed E-state index contributed by atoms with van der Waals surface area (Å²) < 4.78 is 0. The third-order valence-electron chi connectivity index (χ3n) is 2.18. The number of amides is 1. The van der Waals surface area contributed by atoms with E-state index in [-0.39, 0.29) is 11.7 Å². The number of carbonyl (C=O) groups excluding carboxylic acids is 2. The van der Waals surface area contributed by atoms with E-state index < -0.39 is 0 Å². The Kier molecular flexibility index (Phi) is 5.77. The first kappa shape index (κ1) is 13.8. The zero-order chi connectivity index (χ0) is 12.7. The van der Waals surface area contributed by atoms with Crippen LogP contribution in [-0.2, 0) is 4.79 Å². The zero-order valence-electron chi connectivity index (χ0n) is 10.2. The van der Waals surface area contributed by atoms with Crippen molar-refractivity contribution in [2.75, 3.05) is 12.3 Å². The van der Waals surface area contributed by atoms with Gasteiger partial charge in [0.2, 0.25) is 5.91 Å². The van der Waals surface area contributed by atoms with Crippen molar-refractivity contribution in [2.24, 2.45) is 0 Å². The van der Waals surface area contributed by atoms with Gasteiger partial charge in [-0.25, -0.2) is 0 Å². The third-order valence-corrected chi connectivity index (χ3v) is 3.18. The summed E-state index contributed by atoms with van der Waals surface area (Å²) in [7, 11) is 0. The molecule has 0 aromatic heterocycles. The maximum atomic E-state index is 11.4. The summed E-state index contributed by atoms with van der Waals surface area (Å²) in [6.45, 7) is 4.27. The highest BCUT2D eigenvalue weighted by Gasteiger charge is 2.04. The van der Waals surface area contributed by atoms with Crippen LogP contribution in [0, 0.1) is 0 Å². The highest BCUT2D eigenvalue weighted by Crippen LogP contribution is 2.19. The monoisotopic (exact) mass is 251 g/mol. The van der Waals surface area contributed by atoms with Crippen molar-refractivity contribution < 1.29 is 9.59 Å². The summed E-state index contributed by atoms with van der Waals surface area (Å²) in [6.07, 6.45) is 0.941. The molecule has 4 heteroatoms. The molecule has 1 N–H and O–H groups in total. The smallest absolute Gasteiger partial charge is 0.230 e. The molecule has 0 saturated carbocycles. The van der Waals surface area contributed by atoms with E-state index in [1.807, 2.05) is 25.1 Å². The molecule has 0 aliphatic carbocycles. The van der Waals surface area contributed by atoms with Gasteiger partial charge < -0.3 is 5.32 Å². The first-order valence-electron chi connectivity index (χ1n) is 5.64. The molecule has 1 aromatic carbocycles. The SMILES string of the molecule is CCCNC(=O)CSc1cccc(C(C)=O)c1. The van der Waals surface area contributed by atoms with Crippen molar-refractivity contribution in [1.82, 2.24) is 5.32 Å². The Balaban J connectivity index is 2.49. The number of rotatable bonds is 6. The summed E-state index contributed by atoms with van der Waals surface area (Å²) in [5, 5.41) is 2.81. The second-order valence-corrected chi connectivity index (χ2v) is 4.77. The van der Waals surface area contributed by atoms with Gasteiger partial charge in [-0.2, -0.15) is 0 Å². The van der Waals surface area contributed by atoms with E-state index in [0.29, 0.717) is 17.9 Å². The average Bonchev–Trinajstić information content (AvgIpc) is 2.34. The molecule has 0 saturated heterocycles. The minimum absolute atomic E-state index is 0.0325. The molecule has 1 amide bonds. The highest BCUT2D eigenvalue weighted by molar-refractivity contribution is 8.00. The lowest BCUT2D eigenvalue weighted by molar-refractivity contribution is -0.118. The number of hydrogen-bond acceptors (Lipinski definition) is 3. The molecule has 3 nitrogen and oxygen atoms in total. The van der Waals surface area contributed by atoms with Crippen LogP contribution >= 0.6 is 11.8 Å². The molecular weight excluding hydrogens is 234 g/mol. The Labute approximate surface area is 106 Å². The van der Waals surface area contributed by atoms with Crippen LogP contribution in [0.25, 0.3) is 0 Å². The van der Waals surface area contributed by atoms with E-state index in [1.165, 1.54) is 18.7 Å². The molecule has 0 aliphatic rings. The Bertz CT molecular complexity index is 404. The number of benzene rings is 1. The van der Waals surface area contributed by atoms with Gasteiger partial charge in [0.1, 0.15) is 0 Å². The van der Waals surface area contributed by atoms with Gasteiger partial charge in [0, 0.05) is 17.0 Å². The summed E-state index contributed by atoms with van der Waals surface area (Å²) in [5.74, 6) is 0.467. The van der Waals surface area contributed by atoms with Crippen LogP contribution in [0.15, 0.2) is 29.2 Å². The molecule has 0 bridgehead atoms. The number of Topliss-reactive ketones (excluding diaryl/α,β-unsaturated/α-hetero) is 1. The Hall–Kier alpha value is -1.29. The van der Waals surface area contributed by atoms with Crippen LogP contribution in [0.5, 0.6) is 0 Å². The van der Waals surface area contributed by atoms with Crippen LogP contribution in [0.2, 0.25) is 0 Å². The van der Waals surface area contributed by atoms with Crippen LogP contribution in [-0.4, -0.2) is 24.0 Å². The molecule has 0 aliphatic heterocycles. The second-order valence-electron chi connectivity index (χ2n) is 3.72. The van der Waals surface area contributed by atoms with Gasteiger partial charge >= 0.3 is 0 Å². The minimum atomic E-state index is 0.0325. The van der Waals surface area contributed by atoms with Crippen molar-refractivity contribution in [3.63, 3.8) is 0 Å². The number of ketones is 1. The standard InChI is InChI=1S/C13H17NO2S/c1-3-7-14-13(16)9-17-12-6-4-5-11(8-12)10(2)15/h4-6,8H,3,7,9H2,1-2H3,(H,14,16). The fraction of sp³-hybridized carbons (Fsp3) is 0.385. The Morgan fingerprint density at radius 2 is 2.12 bits per heavy atom. The van der Waals surface area contributed by atoms with Gasteiger partial charge in [0.05, 0.1) is 5.75 Å². The van der Waals surface area contributed by atoms with E-state index in [1.54, 1.807) is 6.07 Å². The minimum Gasteiger partial charge on any atom is -0.355 e. The molecule has 92 valence electrons. The van der Waals surface area contributed by atoms with Crippen LogP contribution in [0.1, 0.15) is 30.6 Å². The Morgan fingerprint density at radius 1 is 1.35 bits per heavy atom. The lowest BCUT2D eigenvalue weighted by atomic mass is 10.2. The van der Waals surface area contributed by atoms with E-state index in [9.17, 15) is 9.59 Å². The lowest BCUT2D eigenvalue weighted by Crippen LogP contribution is -2.25. The van der Waals surface area contributed by atoms with E-state index in [4.69, 9.17) is 0 Å². The normalized spacial score (nSPS) is 10.0. The summed E-state index contributed by atoms with van der Waals surface area (Å²) >= 11 is 1.45. The van der Waals surface area contributed by atoms with Gasteiger partial charge in [-0.05, 0) is 25.5 Å². The maximum absolute atomic E-state index is 11.4. The number of hydrogen-bond donors (Lipinski definition) is 1. The van der Waals surface area contributed by atoms with Gasteiger partial charge in [0.25, 0.3) is 0 Å². The van der Waals surface area contributed by atoms with Crippen molar-refractivity contribution in [3.05, 3.63) is 29.8 Å². The molecule has 0 fully saturated rings. The average molecular weight is 251 g/mol. The van der Waals surface area contributed by atoms with Gasteiger partial charge in [0.15, 0.2) is 5.78 Å². The molecule has 0 spiro atoms. The second kappa shape index (κ2) is 7.12. The van der Waals surface area contributed by atoms with Crippen LogP contribution < -0.4 is 5.32 Å². The molecule has 1 rings (SSSR count). The molecule has 1 aromatic rings. The Morgan fingerprint density at radius 3 is 2.76 bits per heavy atom. The van der Waals surface area contributed by atoms with E-state index in [2.05, 4.69) is 5.32 Å². The molecule has 0 unspecified atom stereocenters. The largest absolute Gasteiger partial charge is 0.355 e. The fourth-order valence-electron chi connectivity index (χ4n) is 1.27. The van der Waals surface area contributed by atoms with Crippen molar-refractivity contribution in [1.29, 1.82) is 0 Å². The number of carbonyl (C=O) groups is 2. The zero-order valence-corrected chi connectivity index (χ0v) is 11.0. The van der Waals surface area contributed by atoms with E-state index in [0.717, 1.165) is 11.3 Å². The molecule has 0 heterocycles. The van der Waals surface area contributed by atoms with Gasteiger partial charge in [-0.1, -0.05) is 19.1 Å². The highest BCUT2D eigenvalue weighted by atomic mass is 32.2. The summed E-state index contributed by atoms with van der Waals surface area (Å²) in [4.78, 5) is 23.5. The maximum Gasteiger partial charge on any atom is 0.230 e. The topological polar surface area (TPSA) is 46.2 Å². The molecule has 0 atom stereocenters. The van der Waals surface area contributed by atoms with Gasteiger partial charge in [-0.15, -0.1) is 11.8 Å². The van der Waals surface area contributed by atoms with Gasteiger partial charge in [-0.3, -0.25) is 9.59 Å². The lowest BCUT2D eigenvalue weighted by Gasteiger charge is -2.04. The summed E-state index contributed by atoms with van der Waals surface area (Å²) in [5.41, 5.74) is 0.684. The quantitative estimate of drug-likeness (QED) is 0.624. The number of nitrogens with one attached hydrogen (secondary N) is 1. The fourth-order valence-corrected chi connectivity index (χ4v) is 2.05. The van der Waals surface area contributed by atoms with Crippen molar-refractivity contribution in [3.8, 4) is 0 Å². The van der Waals surface area contributed by atoms with Crippen LogP contribution in [0.3, 0.4) is 0 Å². The number of thioether (sulfide) groups is 1. The van der Waals surface area contributed by atoms with Crippen molar-refractivity contribution >= 4 is 23.5 Å². The first-order chi connectivity index (χ1) is 8.13. The predicted octanol–water partition coefficient (Wildman–Crippen LogP) is 2.51. The van der Waals surface area contributed by atoms with Crippen LogP contribution in [0.4, 0.5) is 0 Å². The summed E-state index contributed by atoms with van der Waals surface area (Å²) in [6, 6.07) is 7.34. The first-order valence-corrected chi connectivity index (χ1v) is 6.62. The third kappa shape index (κ3) is 5.04. The predicted molar refractivity (Wildman–Crippen MR) is 70.5 cm³/mol. The van der Waals surface area contributed by atoms with Crippen molar-refractivity contribution in [2.45, 2.75) is 25.2 Å².